The number of nitrogens with zero attached hydrogens (tertiary/aromatic N) is 1. The minimum absolute atomic E-state index is 0.111. The predicted molar refractivity (Wildman–Crippen MR) is 77.5 cm³/mol. The van der Waals surface area contributed by atoms with Crippen molar-refractivity contribution < 1.29 is 5.11 Å². The fraction of sp³-hybridized carbons (Fsp3) is 0.600. The molecular weight excluding hydrogens is 226 g/mol. The van der Waals surface area contributed by atoms with Gasteiger partial charge in [-0.15, -0.1) is 0 Å². The average molecular weight is 251 g/mol. The van der Waals surface area contributed by atoms with Gasteiger partial charge in [0.25, 0.3) is 0 Å². The second-order valence-electron chi connectivity index (χ2n) is 4.83. The minimum Gasteiger partial charge on any atom is -0.392 e. The van der Waals surface area contributed by atoms with E-state index in [0.29, 0.717) is 0 Å². The van der Waals surface area contributed by atoms with E-state index in [1.807, 2.05) is 19.9 Å². The Morgan fingerprint density at radius 3 is 2.33 bits per heavy atom. The zero-order valence-corrected chi connectivity index (χ0v) is 11.8. The molecule has 0 amide bonds. The first-order valence-corrected chi connectivity index (χ1v) is 6.41. The lowest BCUT2D eigenvalue weighted by Crippen LogP contribution is -2.04. The SMILES string of the molecule is C=C(C)C(CCC(C)=CCCC(C)=CCO)N=O. The molecule has 18 heavy (non-hydrogen) atoms. The van der Waals surface area contributed by atoms with Gasteiger partial charge in [-0.3, -0.25) is 0 Å². The Morgan fingerprint density at radius 2 is 1.83 bits per heavy atom. The van der Waals surface area contributed by atoms with Gasteiger partial charge in [-0.1, -0.05) is 40.6 Å². The van der Waals surface area contributed by atoms with Crippen LogP contribution in [-0.2, 0) is 0 Å². The molecule has 0 saturated carbocycles. The van der Waals surface area contributed by atoms with Crippen LogP contribution in [0.1, 0.15) is 46.5 Å². The molecule has 102 valence electrons. The van der Waals surface area contributed by atoms with E-state index in [4.69, 9.17) is 5.11 Å². The molecule has 0 saturated heterocycles. The van der Waals surface area contributed by atoms with E-state index in [9.17, 15) is 4.91 Å². The lowest BCUT2D eigenvalue weighted by Gasteiger charge is -2.08. The van der Waals surface area contributed by atoms with E-state index in [1.54, 1.807) is 0 Å². The van der Waals surface area contributed by atoms with Gasteiger partial charge in [0.05, 0.1) is 6.61 Å². The summed E-state index contributed by atoms with van der Waals surface area (Å²) in [5, 5.41) is 11.8. The van der Waals surface area contributed by atoms with Crippen LogP contribution in [0.4, 0.5) is 0 Å². The van der Waals surface area contributed by atoms with Crippen molar-refractivity contribution >= 4 is 0 Å². The highest BCUT2D eigenvalue weighted by atomic mass is 16.3. The second kappa shape index (κ2) is 9.77. The third kappa shape index (κ3) is 7.96. The Balaban J connectivity index is 4.01. The smallest absolute Gasteiger partial charge is 0.113 e. The summed E-state index contributed by atoms with van der Waals surface area (Å²) in [5.74, 6) is 0. The van der Waals surface area contributed by atoms with Crippen LogP contribution in [0.15, 0.2) is 40.6 Å². The second-order valence-corrected chi connectivity index (χ2v) is 4.83. The number of nitroso groups, excluding NO2 is 1. The first-order chi connectivity index (χ1) is 8.51. The lowest BCUT2D eigenvalue weighted by molar-refractivity contribution is 0.341. The zero-order chi connectivity index (χ0) is 14.0. The van der Waals surface area contributed by atoms with Crippen LogP contribution < -0.4 is 0 Å². The summed E-state index contributed by atoms with van der Waals surface area (Å²) in [5.41, 5.74) is 3.32. The van der Waals surface area contributed by atoms with E-state index in [1.165, 1.54) is 11.1 Å². The summed E-state index contributed by atoms with van der Waals surface area (Å²) in [7, 11) is 0. The molecule has 0 aliphatic rings. The largest absolute Gasteiger partial charge is 0.392 e. The molecule has 0 rings (SSSR count). The summed E-state index contributed by atoms with van der Waals surface area (Å²) >= 11 is 0. The van der Waals surface area contributed by atoms with Crippen LogP contribution in [0, 0.1) is 4.91 Å². The molecule has 3 nitrogen and oxygen atoms in total. The molecule has 0 aromatic heterocycles. The summed E-state index contributed by atoms with van der Waals surface area (Å²) in [4.78, 5) is 10.6. The molecule has 0 spiro atoms. The maximum Gasteiger partial charge on any atom is 0.113 e. The van der Waals surface area contributed by atoms with Crippen LogP contribution >= 0.6 is 0 Å². The standard InChI is InChI=1S/C15H25NO2/c1-12(2)15(16-18)9-8-13(3)6-5-7-14(4)10-11-17/h6,10,15,17H,1,5,7-9,11H2,2-4H3. The third-order valence-corrected chi connectivity index (χ3v) is 2.98. The molecule has 3 heteroatoms. The summed E-state index contributed by atoms with van der Waals surface area (Å²) in [6, 6.07) is -0.260. The average Bonchev–Trinajstić information content (AvgIpc) is 2.29. The molecule has 0 radical (unpaired) electrons. The molecule has 0 aliphatic heterocycles. The maximum absolute atomic E-state index is 10.6. The van der Waals surface area contributed by atoms with Crippen molar-refractivity contribution in [3.8, 4) is 0 Å². The molecule has 1 atom stereocenters. The minimum atomic E-state index is -0.260. The fourth-order valence-corrected chi connectivity index (χ4v) is 1.66. The Morgan fingerprint density at radius 1 is 1.22 bits per heavy atom. The monoisotopic (exact) mass is 251 g/mol. The normalized spacial score (nSPS) is 14.4. The first-order valence-electron chi connectivity index (χ1n) is 6.41. The van der Waals surface area contributed by atoms with Gasteiger partial charge in [0.15, 0.2) is 0 Å². The van der Waals surface area contributed by atoms with Crippen molar-refractivity contribution in [3.63, 3.8) is 0 Å². The first kappa shape index (κ1) is 16.8. The van der Waals surface area contributed by atoms with Crippen molar-refractivity contribution in [2.75, 3.05) is 6.61 Å². The zero-order valence-electron chi connectivity index (χ0n) is 11.8. The van der Waals surface area contributed by atoms with Gasteiger partial charge >= 0.3 is 0 Å². The van der Waals surface area contributed by atoms with Gasteiger partial charge < -0.3 is 5.11 Å². The Bertz CT molecular complexity index is 329. The van der Waals surface area contributed by atoms with Crippen molar-refractivity contribution in [1.29, 1.82) is 0 Å². The van der Waals surface area contributed by atoms with Crippen molar-refractivity contribution in [2.24, 2.45) is 5.18 Å². The number of aliphatic hydroxyl groups excluding tert-OH is 1. The summed E-state index contributed by atoms with van der Waals surface area (Å²) in [6.45, 7) is 9.81. The van der Waals surface area contributed by atoms with Crippen molar-refractivity contribution in [1.82, 2.24) is 0 Å². The number of hydrogen-bond acceptors (Lipinski definition) is 3. The maximum atomic E-state index is 10.6. The van der Waals surface area contributed by atoms with E-state index >= 15 is 0 Å². The Kier molecular flexibility index (Phi) is 9.11. The lowest BCUT2D eigenvalue weighted by atomic mass is 10.0. The fourth-order valence-electron chi connectivity index (χ4n) is 1.66. The van der Waals surface area contributed by atoms with Gasteiger partial charge in [-0.05, 0) is 46.5 Å². The van der Waals surface area contributed by atoms with E-state index in [-0.39, 0.29) is 12.6 Å². The van der Waals surface area contributed by atoms with Crippen LogP contribution in [0.2, 0.25) is 0 Å². The summed E-state index contributed by atoms with van der Waals surface area (Å²) in [6.07, 6.45) is 7.58. The molecule has 1 N–H and O–H groups in total. The van der Waals surface area contributed by atoms with Gasteiger partial charge in [0, 0.05) is 0 Å². The third-order valence-electron chi connectivity index (χ3n) is 2.98. The number of aliphatic hydroxyl groups is 1. The molecule has 0 heterocycles. The van der Waals surface area contributed by atoms with Crippen molar-refractivity contribution in [2.45, 2.75) is 52.5 Å². The highest BCUT2D eigenvalue weighted by Crippen LogP contribution is 2.16. The van der Waals surface area contributed by atoms with Gasteiger partial charge in [0.2, 0.25) is 0 Å². The number of allylic oxidation sites excluding steroid dienone is 3. The van der Waals surface area contributed by atoms with Gasteiger partial charge in [-0.25, -0.2) is 0 Å². The molecule has 0 aromatic carbocycles. The molecule has 0 fully saturated rings. The predicted octanol–water partition coefficient (Wildman–Crippen LogP) is 4.14. The van der Waals surface area contributed by atoms with Gasteiger partial charge in [-0.2, -0.15) is 4.91 Å². The quantitative estimate of drug-likeness (QED) is 0.494. The number of hydrogen-bond donors (Lipinski definition) is 1. The van der Waals surface area contributed by atoms with E-state index in [2.05, 4.69) is 24.8 Å². The van der Waals surface area contributed by atoms with Crippen LogP contribution in [0.5, 0.6) is 0 Å². The van der Waals surface area contributed by atoms with E-state index in [0.717, 1.165) is 31.3 Å². The number of rotatable bonds is 9. The highest BCUT2D eigenvalue weighted by Gasteiger charge is 2.08. The molecule has 1 unspecified atom stereocenters. The summed E-state index contributed by atoms with van der Waals surface area (Å²) < 4.78 is 0. The van der Waals surface area contributed by atoms with Gasteiger partial charge in [0.1, 0.15) is 6.04 Å². The highest BCUT2D eigenvalue weighted by molar-refractivity contribution is 5.07. The molecular formula is C15H25NO2. The van der Waals surface area contributed by atoms with Crippen molar-refractivity contribution in [3.05, 3.63) is 40.4 Å². The van der Waals surface area contributed by atoms with E-state index < -0.39 is 0 Å². The molecule has 0 aromatic rings. The Labute approximate surface area is 110 Å². The molecule has 0 bridgehead atoms. The van der Waals surface area contributed by atoms with Crippen LogP contribution in [0.25, 0.3) is 0 Å². The Hall–Kier alpha value is -1.22. The van der Waals surface area contributed by atoms with Crippen LogP contribution in [-0.4, -0.2) is 17.8 Å². The molecule has 0 aliphatic carbocycles. The van der Waals surface area contributed by atoms with Crippen LogP contribution in [0.3, 0.4) is 0 Å². The topological polar surface area (TPSA) is 49.7 Å².